The van der Waals surface area contributed by atoms with Gasteiger partial charge in [0.1, 0.15) is 5.54 Å². The maximum Gasteiger partial charge on any atom is 0.145 e. The molecule has 0 amide bonds. The van der Waals surface area contributed by atoms with E-state index in [9.17, 15) is 5.26 Å². The second kappa shape index (κ2) is 7.06. The summed E-state index contributed by atoms with van der Waals surface area (Å²) in [6, 6.07) is 13.2. The average molecular weight is 285 g/mol. The summed E-state index contributed by atoms with van der Waals surface area (Å²) in [5.41, 5.74) is 0.486. The van der Waals surface area contributed by atoms with Gasteiger partial charge in [-0.3, -0.25) is 5.32 Å². The quantitative estimate of drug-likeness (QED) is 0.797. The Labute approximate surface area is 129 Å². The summed E-state index contributed by atoms with van der Waals surface area (Å²) in [5.74, 6) is 0.656. The Kier molecular flexibility index (Phi) is 5.39. The van der Waals surface area contributed by atoms with E-state index in [1.54, 1.807) is 0 Å². The molecule has 0 saturated heterocycles. The minimum Gasteiger partial charge on any atom is -0.303 e. The zero-order valence-corrected chi connectivity index (χ0v) is 13.5. The normalized spacial score (nSPS) is 19.0. The van der Waals surface area contributed by atoms with Gasteiger partial charge in [-0.05, 0) is 31.4 Å². The lowest BCUT2D eigenvalue weighted by Crippen LogP contribution is -2.50. The number of rotatable bonds is 8. The summed E-state index contributed by atoms with van der Waals surface area (Å²) in [7, 11) is 2.12. The third kappa shape index (κ3) is 4.30. The molecule has 21 heavy (non-hydrogen) atoms. The Bertz CT molecular complexity index is 475. The van der Waals surface area contributed by atoms with Crippen LogP contribution >= 0.6 is 0 Å². The first-order chi connectivity index (χ1) is 10.1. The SMILES string of the molecule is CCC(C)CN(C)CC(C#N)(NC1CC1)c1ccccc1. The van der Waals surface area contributed by atoms with Gasteiger partial charge in [0.25, 0.3) is 0 Å². The summed E-state index contributed by atoms with van der Waals surface area (Å²) in [5, 5.41) is 13.5. The molecule has 2 rings (SSSR count). The Hall–Kier alpha value is -1.37. The summed E-state index contributed by atoms with van der Waals surface area (Å²) >= 11 is 0. The van der Waals surface area contributed by atoms with Crippen molar-refractivity contribution in [2.24, 2.45) is 5.92 Å². The highest BCUT2D eigenvalue weighted by molar-refractivity contribution is 5.32. The van der Waals surface area contributed by atoms with E-state index < -0.39 is 5.54 Å². The maximum atomic E-state index is 9.91. The lowest BCUT2D eigenvalue weighted by Gasteiger charge is -2.34. The number of nitriles is 1. The van der Waals surface area contributed by atoms with Crippen LogP contribution in [-0.4, -0.2) is 31.1 Å². The van der Waals surface area contributed by atoms with Gasteiger partial charge < -0.3 is 4.90 Å². The van der Waals surface area contributed by atoms with Gasteiger partial charge in [-0.2, -0.15) is 5.26 Å². The number of hydrogen-bond donors (Lipinski definition) is 1. The van der Waals surface area contributed by atoms with E-state index in [2.05, 4.69) is 49.3 Å². The third-order valence-electron chi connectivity index (χ3n) is 4.31. The first-order valence-electron chi connectivity index (χ1n) is 8.02. The molecular formula is C18H27N3. The highest BCUT2D eigenvalue weighted by Gasteiger charge is 2.38. The van der Waals surface area contributed by atoms with Crippen LogP contribution in [0.3, 0.4) is 0 Å². The molecule has 1 aliphatic rings. The molecule has 0 heterocycles. The molecule has 0 bridgehead atoms. The summed E-state index contributed by atoms with van der Waals surface area (Å²) < 4.78 is 0. The predicted molar refractivity (Wildman–Crippen MR) is 86.8 cm³/mol. The summed E-state index contributed by atoms with van der Waals surface area (Å²) in [4.78, 5) is 2.29. The first kappa shape index (κ1) is 16.0. The first-order valence-corrected chi connectivity index (χ1v) is 8.02. The van der Waals surface area contributed by atoms with Crippen LogP contribution < -0.4 is 5.32 Å². The zero-order chi connectivity index (χ0) is 15.3. The van der Waals surface area contributed by atoms with E-state index in [1.165, 1.54) is 19.3 Å². The molecular weight excluding hydrogens is 258 g/mol. The fraction of sp³-hybridized carbons (Fsp3) is 0.611. The maximum absolute atomic E-state index is 9.91. The van der Waals surface area contributed by atoms with Gasteiger partial charge in [-0.15, -0.1) is 0 Å². The molecule has 3 heteroatoms. The number of likely N-dealkylation sites (N-methyl/N-ethyl adjacent to an activating group) is 1. The highest BCUT2D eigenvalue weighted by atomic mass is 15.2. The van der Waals surface area contributed by atoms with E-state index in [-0.39, 0.29) is 0 Å². The predicted octanol–water partition coefficient (Wildman–Crippen LogP) is 3.14. The van der Waals surface area contributed by atoms with Crippen molar-refractivity contribution in [3.05, 3.63) is 35.9 Å². The molecule has 1 aromatic carbocycles. The van der Waals surface area contributed by atoms with Crippen molar-refractivity contribution >= 4 is 0 Å². The van der Waals surface area contributed by atoms with Crippen molar-refractivity contribution in [1.82, 2.24) is 10.2 Å². The topological polar surface area (TPSA) is 39.1 Å². The van der Waals surface area contributed by atoms with Gasteiger partial charge >= 0.3 is 0 Å². The molecule has 1 fully saturated rings. The van der Waals surface area contributed by atoms with Crippen molar-refractivity contribution in [1.29, 1.82) is 5.26 Å². The van der Waals surface area contributed by atoms with Crippen LogP contribution in [-0.2, 0) is 5.54 Å². The monoisotopic (exact) mass is 285 g/mol. The van der Waals surface area contributed by atoms with E-state index in [0.29, 0.717) is 12.0 Å². The third-order valence-corrected chi connectivity index (χ3v) is 4.31. The van der Waals surface area contributed by atoms with Crippen molar-refractivity contribution in [3.63, 3.8) is 0 Å². The lowest BCUT2D eigenvalue weighted by molar-refractivity contribution is 0.220. The van der Waals surface area contributed by atoms with Crippen molar-refractivity contribution in [2.45, 2.75) is 44.7 Å². The molecule has 1 aliphatic carbocycles. The molecule has 3 nitrogen and oxygen atoms in total. The highest BCUT2D eigenvalue weighted by Crippen LogP contribution is 2.29. The summed E-state index contributed by atoms with van der Waals surface area (Å²) in [6.07, 6.45) is 3.54. The molecule has 1 N–H and O–H groups in total. The Morgan fingerprint density at radius 1 is 1.38 bits per heavy atom. The van der Waals surface area contributed by atoms with Gasteiger partial charge in [0, 0.05) is 19.1 Å². The number of nitrogens with zero attached hydrogens (tertiary/aromatic N) is 2. The second-order valence-corrected chi connectivity index (χ2v) is 6.51. The minimum absolute atomic E-state index is 0.502. The van der Waals surface area contributed by atoms with Gasteiger partial charge in [-0.25, -0.2) is 0 Å². The number of hydrogen-bond acceptors (Lipinski definition) is 3. The minimum atomic E-state index is -0.593. The van der Waals surface area contributed by atoms with Crippen molar-refractivity contribution in [3.8, 4) is 6.07 Å². The smallest absolute Gasteiger partial charge is 0.145 e. The van der Waals surface area contributed by atoms with E-state index in [4.69, 9.17) is 0 Å². The summed E-state index contributed by atoms with van der Waals surface area (Å²) in [6.45, 7) is 6.24. The Morgan fingerprint density at radius 2 is 2.05 bits per heavy atom. The molecule has 0 aromatic heterocycles. The van der Waals surface area contributed by atoms with E-state index >= 15 is 0 Å². The van der Waals surface area contributed by atoms with Crippen molar-refractivity contribution in [2.75, 3.05) is 20.1 Å². The lowest BCUT2D eigenvalue weighted by atomic mass is 9.90. The van der Waals surface area contributed by atoms with Gasteiger partial charge in [0.05, 0.1) is 6.07 Å². The fourth-order valence-electron chi connectivity index (χ4n) is 2.78. The van der Waals surface area contributed by atoms with Crippen LogP contribution in [0.25, 0.3) is 0 Å². The average Bonchev–Trinajstić information content (AvgIpc) is 3.31. The van der Waals surface area contributed by atoms with Crippen LogP contribution in [0.1, 0.15) is 38.7 Å². The largest absolute Gasteiger partial charge is 0.303 e. The van der Waals surface area contributed by atoms with E-state index in [1.807, 2.05) is 18.2 Å². The van der Waals surface area contributed by atoms with Gasteiger partial charge in [0.15, 0.2) is 0 Å². The van der Waals surface area contributed by atoms with Crippen LogP contribution in [0.5, 0.6) is 0 Å². The zero-order valence-electron chi connectivity index (χ0n) is 13.5. The molecule has 114 valence electrons. The van der Waals surface area contributed by atoms with Crippen molar-refractivity contribution < 1.29 is 0 Å². The Balaban J connectivity index is 2.17. The van der Waals surface area contributed by atoms with Crippen LogP contribution in [0.4, 0.5) is 0 Å². The number of nitrogens with one attached hydrogen (secondary N) is 1. The van der Waals surface area contributed by atoms with Crippen LogP contribution in [0, 0.1) is 17.2 Å². The van der Waals surface area contributed by atoms with Crippen LogP contribution in [0.15, 0.2) is 30.3 Å². The molecule has 2 unspecified atom stereocenters. The van der Waals surface area contributed by atoms with Gasteiger partial charge in [-0.1, -0.05) is 50.6 Å². The van der Waals surface area contributed by atoms with E-state index in [0.717, 1.165) is 18.7 Å². The van der Waals surface area contributed by atoms with Crippen LogP contribution in [0.2, 0.25) is 0 Å². The molecule has 2 atom stereocenters. The molecule has 0 radical (unpaired) electrons. The molecule has 0 spiro atoms. The molecule has 1 saturated carbocycles. The molecule has 1 aromatic rings. The standard InChI is InChI=1S/C18H27N3/c1-4-15(2)12-21(3)14-18(13-19,20-17-10-11-17)16-8-6-5-7-9-16/h5-9,15,17,20H,4,10-12,14H2,1-3H3. The molecule has 0 aliphatic heterocycles. The second-order valence-electron chi connectivity index (χ2n) is 6.51. The van der Waals surface area contributed by atoms with Gasteiger partial charge in [0.2, 0.25) is 0 Å². The fourth-order valence-corrected chi connectivity index (χ4v) is 2.78. The Morgan fingerprint density at radius 3 is 2.57 bits per heavy atom. The number of benzene rings is 1.